The van der Waals surface area contributed by atoms with Gasteiger partial charge in [0.25, 0.3) is 0 Å². The summed E-state index contributed by atoms with van der Waals surface area (Å²) in [4.78, 5) is 14.4. The molecule has 1 aromatic carbocycles. The summed E-state index contributed by atoms with van der Waals surface area (Å²) in [6.07, 6.45) is 3.14. The van der Waals surface area contributed by atoms with Gasteiger partial charge in [-0.15, -0.1) is 0 Å². The number of amides is 1. The van der Waals surface area contributed by atoms with Crippen LogP contribution in [0.5, 0.6) is 0 Å². The summed E-state index contributed by atoms with van der Waals surface area (Å²) in [5.41, 5.74) is 3.21. The lowest BCUT2D eigenvalue weighted by Crippen LogP contribution is -2.40. The smallest absolute Gasteiger partial charge is 0.246 e. The Labute approximate surface area is 139 Å². The third kappa shape index (κ3) is 5.81. The van der Waals surface area contributed by atoms with E-state index in [0.717, 1.165) is 43.8 Å². The van der Waals surface area contributed by atoms with Crippen molar-refractivity contribution in [2.75, 3.05) is 19.7 Å². The van der Waals surface area contributed by atoms with E-state index in [-0.39, 0.29) is 5.91 Å². The highest BCUT2D eigenvalue weighted by atomic mass is 16.5. The Kier molecular flexibility index (Phi) is 6.81. The van der Waals surface area contributed by atoms with E-state index in [0.29, 0.717) is 12.6 Å². The zero-order valence-corrected chi connectivity index (χ0v) is 14.5. The van der Waals surface area contributed by atoms with Crippen LogP contribution in [0, 0.1) is 0 Å². The van der Waals surface area contributed by atoms with E-state index in [1.54, 1.807) is 0 Å². The normalized spacial score (nSPS) is 19.6. The van der Waals surface area contributed by atoms with Crippen molar-refractivity contribution < 1.29 is 9.53 Å². The highest BCUT2D eigenvalue weighted by Gasteiger charge is 2.16. The molecule has 1 saturated heterocycles. The maximum absolute atomic E-state index is 11.9. The molecule has 1 fully saturated rings. The Morgan fingerprint density at radius 2 is 2.22 bits per heavy atom. The average Bonchev–Trinajstić information content (AvgIpc) is 2.53. The predicted molar refractivity (Wildman–Crippen MR) is 93.0 cm³/mol. The maximum atomic E-state index is 11.9. The van der Waals surface area contributed by atoms with Gasteiger partial charge < -0.3 is 10.1 Å². The van der Waals surface area contributed by atoms with E-state index in [2.05, 4.69) is 41.4 Å². The molecule has 0 aromatic heterocycles. The first-order valence-corrected chi connectivity index (χ1v) is 8.45. The van der Waals surface area contributed by atoms with Gasteiger partial charge in [-0.2, -0.15) is 0 Å². The maximum Gasteiger partial charge on any atom is 0.246 e. The van der Waals surface area contributed by atoms with E-state index in [9.17, 15) is 4.79 Å². The Morgan fingerprint density at radius 1 is 1.43 bits per heavy atom. The molecule has 1 aliphatic heterocycles. The molecular weight excluding hydrogens is 288 g/mol. The molecule has 0 saturated carbocycles. The van der Waals surface area contributed by atoms with Gasteiger partial charge in [0.1, 0.15) is 0 Å². The molecule has 1 N–H and O–H groups in total. The summed E-state index contributed by atoms with van der Waals surface area (Å²) in [5, 5.41) is 2.98. The number of nitrogens with zero attached hydrogens (tertiary/aromatic N) is 1. The first kappa shape index (κ1) is 17.7. The van der Waals surface area contributed by atoms with Crippen LogP contribution >= 0.6 is 0 Å². The third-order valence-electron chi connectivity index (χ3n) is 4.04. The molecule has 2 rings (SSSR count). The number of carbonyl (C=O) groups excluding carboxylic acids is 1. The predicted octanol–water partition coefficient (Wildman–Crippen LogP) is 2.88. The van der Waals surface area contributed by atoms with Crippen molar-refractivity contribution in [1.29, 1.82) is 0 Å². The number of hydrogen-bond donors (Lipinski definition) is 1. The number of allylic oxidation sites excluding steroid dienone is 1. The van der Waals surface area contributed by atoms with Gasteiger partial charge in [-0.1, -0.05) is 37.3 Å². The fourth-order valence-corrected chi connectivity index (χ4v) is 2.85. The molecule has 1 unspecified atom stereocenters. The van der Waals surface area contributed by atoms with Crippen LogP contribution in [-0.2, 0) is 22.6 Å². The molecule has 1 amide bonds. The first-order chi connectivity index (χ1) is 11.1. The summed E-state index contributed by atoms with van der Waals surface area (Å²) in [6.45, 7) is 10.3. The fraction of sp³-hybridized carbons (Fsp3) is 0.526. The summed E-state index contributed by atoms with van der Waals surface area (Å²) in [7, 11) is 0. The molecule has 23 heavy (non-hydrogen) atoms. The summed E-state index contributed by atoms with van der Waals surface area (Å²) < 4.78 is 5.58. The Bertz CT molecular complexity index is 554. The minimum atomic E-state index is 0.0132. The minimum Gasteiger partial charge on any atom is -0.376 e. The molecule has 126 valence electrons. The Hall–Kier alpha value is -1.65. The van der Waals surface area contributed by atoms with Gasteiger partial charge in [0.05, 0.1) is 12.7 Å². The van der Waals surface area contributed by atoms with Gasteiger partial charge in [-0.05, 0) is 31.4 Å². The molecule has 4 nitrogen and oxygen atoms in total. The summed E-state index contributed by atoms with van der Waals surface area (Å²) in [6, 6.07) is 8.45. The van der Waals surface area contributed by atoms with E-state index in [1.807, 2.05) is 19.9 Å². The van der Waals surface area contributed by atoms with Crippen LogP contribution < -0.4 is 5.32 Å². The van der Waals surface area contributed by atoms with E-state index in [4.69, 9.17) is 4.74 Å². The van der Waals surface area contributed by atoms with Gasteiger partial charge in [0.15, 0.2) is 0 Å². The van der Waals surface area contributed by atoms with Gasteiger partial charge in [0.2, 0.25) is 5.91 Å². The van der Waals surface area contributed by atoms with Gasteiger partial charge in [-0.25, -0.2) is 0 Å². The lowest BCUT2D eigenvalue weighted by Gasteiger charge is -2.31. The zero-order valence-electron chi connectivity index (χ0n) is 14.5. The molecule has 1 heterocycles. The van der Waals surface area contributed by atoms with Crippen LogP contribution in [0.4, 0.5) is 0 Å². The Morgan fingerprint density at radius 3 is 2.96 bits per heavy atom. The topological polar surface area (TPSA) is 41.6 Å². The van der Waals surface area contributed by atoms with Crippen LogP contribution in [-0.4, -0.2) is 36.6 Å². The van der Waals surface area contributed by atoms with E-state index >= 15 is 0 Å². The summed E-state index contributed by atoms with van der Waals surface area (Å²) >= 11 is 0. The average molecular weight is 316 g/mol. The molecular formula is C19H28N2O2. The Balaban J connectivity index is 1.89. The van der Waals surface area contributed by atoms with Crippen LogP contribution in [0.15, 0.2) is 35.9 Å². The van der Waals surface area contributed by atoms with Crippen molar-refractivity contribution in [2.45, 2.75) is 46.4 Å². The molecule has 1 atom stereocenters. The van der Waals surface area contributed by atoms with Crippen LogP contribution in [0.25, 0.3) is 0 Å². The standard InChI is InChI=1S/C19H28N2O2/c1-4-6-15(2)19(22)20-12-17-7-5-8-18(11-17)14-21-9-10-23-16(3)13-21/h5-8,11,16H,4,9-10,12-14H2,1-3H3,(H,20,22)/b15-6+. The van der Waals surface area contributed by atoms with Crippen molar-refractivity contribution in [3.05, 3.63) is 47.0 Å². The second-order valence-corrected chi connectivity index (χ2v) is 6.21. The van der Waals surface area contributed by atoms with Crippen molar-refractivity contribution in [1.82, 2.24) is 10.2 Å². The van der Waals surface area contributed by atoms with Crippen LogP contribution in [0.3, 0.4) is 0 Å². The lowest BCUT2D eigenvalue weighted by atomic mass is 10.1. The quantitative estimate of drug-likeness (QED) is 0.821. The highest BCUT2D eigenvalue weighted by molar-refractivity contribution is 5.92. The fourth-order valence-electron chi connectivity index (χ4n) is 2.85. The largest absolute Gasteiger partial charge is 0.376 e. The van der Waals surface area contributed by atoms with Crippen molar-refractivity contribution in [2.24, 2.45) is 0 Å². The molecule has 0 radical (unpaired) electrons. The van der Waals surface area contributed by atoms with E-state index < -0.39 is 0 Å². The highest BCUT2D eigenvalue weighted by Crippen LogP contribution is 2.12. The summed E-state index contributed by atoms with van der Waals surface area (Å²) in [5.74, 6) is 0.0132. The third-order valence-corrected chi connectivity index (χ3v) is 4.04. The molecule has 1 aliphatic rings. The lowest BCUT2D eigenvalue weighted by molar-refractivity contribution is -0.117. The molecule has 0 bridgehead atoms. The second kappa shape index (κ2) is 8.85. The molecule has 1 aromatic rings. The van der Waals surface area contributed by atoms with E-state index in [1.165, 1.54) is 5.56 Å². The van der Waals surface area contributed by atoms with Crippen LogP contribution in [0.2, 0.25) is 0 Å². The van der Waals surface area contributed by atoms with Gasteiger partial charge in [-0.3, -0.25) is 9.69 Å². The van der Waals surface area contributed by atoms with Gasteiger partial charge in [0, 0.05) is 31.8 Å². The number of ether oxygens (including phenoxy) is 1. The van der Waals surface area contributed by atoms with Crippen LogP contribution in [0.1, 0.15) is 38.3 Å². The first-order valence-electron chi connectivity index (χ1n) is 8.45. The number of carbonyl (C=O) groups is 1. The second-order valence-electron chi connectivity index (χ2n) is 6.21. The number of benzene rings is 1. The SMILES string of the molecule is CC/C=C(\C)C(=O)NCc1cccc(CN2CCOC(C)C2)c1. The molecule has 0 aliphatic carbocycles. The molecule has 4 heteroatoms. The minimum absolute atomic E-state index is 0.0132. The van der Waals surface area contributed by atoms with Gasteiger partial charge >= 0.3 is 0 Å². The molecule has 0 spiro atoms. The van der Waals surface area contributed by atoms with Crippen molar-refractivity contribution in [3.63, 3.8) is 0 Å². The zero-order chi connectivity index (χ0) is 16.7. The number of rotatable bonds is 6. The van der Waals surface area contributed by atoms with Crippen molar-refractivity contribution in [3.8, 4) is 0 Å². The number of hydrogen-bond acceptors (Lipinski definition) is 3. The number of nitrogens with one attached hydrogen (secondary N) is 1. The number of morpholine rings is 1. The van der Waals surface area contributed by atoms with Crippen molar-refractivity contribution >= 4 is 5.91 Å². The monoisotopic (exact) mass is 316 g/mol.